The third-order valence-electron chi connectivity index (χ3n) is 5.56. The van der Waals surface area contributed by atoms with Crippen molar-refractivity contribution in [1.82, 2.24) is 30.0 Å². The minimum atomic E-state index is -1.15. The summed E-state index contributed by atoms with van der Waals surface area (Å²) in [5.74, 6) is -1.44. The average molecular weight is 545 g/mol. The highest BCUT2D eigenvalue weighted by molar-refractivity contribution is 9.10. The number of amides is 4. The zero-order chi connectivity index (χ0) is 25.1. The van der Waals surface area contributed by atoms with Gasteiger partial charge in [0, 0.05) is 17.5 Å². The van der Waals surface area contributed by atoms with Crippen LogP contribution in [0.1, 0.15) is 23.3 Å². The van der Waals surface area contributed by atoms with Crippen LogP contribution in [0.5, 0.6) is 0 Å². The summed E-state index contributed by atoms with van der Waals surface area (Å²) in [7, 11) is 0. The minimum absolute atomic E-state index is 0.0419. The monoisotopic (exact) mass is 544 g/mol. The number of halogens is 1. The maximum absolute atomic E-state index is 13.3. The topological polar surface area (TPSA) is 185 Å². The Morgan fingerprint density at radius 3 is 2.63 bits per heavy atom. The minimum Gasteiger partial charge on any atom is -0.465 e. The van der Waals surface area contributed by atoms with Gasteiger partial charge in [-0.25, -0.2) is 9.78 Å². The van der Waals surface area contributed by atoms with Crippen LogP contribution in [0, 0.1) is 0 Å². The van der Waals surface area contributed by atoms with Crippen LogP contribution in [-0.2, 0) is 16.1 Å². The molecule has 5 N–H and O–H groups in total. The highest BCUT2D eigenvalue weighted by atomic mass is 79.9. The molecule has 1 aromatic carbocycles. The molecule has 2 heterocycles. The lowest BCUT2D eigenvalue weighted by atomic mass is 9.85. The maximum atomic E-state index is 13.3. The fourth-order valence-electron chi connectivity index (χ4n) is 3.94. The highest BCUT2D eigenvalue weighted by Crippen LogP contribution is 2.27. The molecule has 4 rings (SSSR count). The number of nitrogens with one attached hydrogen (secondary N) is 2. The summed E-state index contributed by atoms with van der Waals surface area (Å²) < 4.78 is 1.80. The third-order valence-corrected chi connectivity index (χ3v) is 5.95. The van der Waals surface area contributed by atoms with Crippen LogP contribution in [0.4, 0.5) is 10.6 Å². The average Bonchev–Trinajstić information content (AvgIpc) is 3.13. The van der Waals surface area contributed by atoms with Crippen molar-refractivity contribution in [3.8, 4) is 0 Å². The molecule has 2 aromatic heterocycles. The van der Waals surface area contributed by atoms with Gasteiger partial charge in [0.25, 0.3) is 5.91 Å². The fourth-order valence-corrected chi connectivity index (χ4v) is 4.25. The Morgan fingerprint density at radius 1 is 1.20 bits per heavy atom. The second kappa shape index (κ2) is 10.0. The molecule has 0 atom stereocenters. The van der Waals surface area contributed by atoms with Crippen molar-refractivity contribution in [1.29, 1.82) is 0 Å². The molecule has 13 nitrogen and oxygen atoms in total. The number of carboxylic acid groups (broad SMARTS) is 1. The zero-order valence-electron chi connectivity index (χ0n) is 18.2. The van der Waals surface area contributed by atoms with Gasteiger partial charge in [0.05, 0.1) is 17.9 Å². The van der Waals surface area contributed by atoms with Crippen LogP contribution in [0.3, 0.4) is 0 Å². The van der Waals surface area contributed by atoms with Crippen LogP contribution in [0.2, 0.25) is 0 Å². The summed E-state index contributed by atoms with van der Waals surface area (Å²) in [6.45, 7) is -0.537. The molecule has 0 saturated heterocycles. The molecule has 14 heteroatoms. The number of hydrogen-bond acceptors (Lipinski definition) is 7. The predicted octanol–water partition coefficient (Wildman–Crippen LogP) is 0.954. The molecule has 0 radical (unpaired) electrons. The van der Waals surface area contributed by atoms with Crippen molar-refractivity contribution >= 4 is 56.5 Å². The van der Waals surface area contributed by atoms with E-state index in [0.29, 0.717) is 28.3 Å². The SMILES string of the molecule is NC(=O)c1nn(CC(=O)N(CC(=O)Nc2cncc(Br)n2)C2CC(NC(=O)O)C2)c2ccccc12. The number of hydrogen-bond donors (Lipinski definition) is 4. The first-order valence-electron chi connectivity index (χ1n) is 10.5. The molecule has 0 aliphatic heterocycles. The summed E-state index contributed by atoms with van der Waals surface area (Å²) in [6, 6.07) is 6.18. The first-order valence-corrected chi connectivity index (χ1v) is 11.3. The molecule has 4 amide bonds. The Morgan fingerprint density at radius 2 is 1.94 bits per heavy atom. The van der Waals surface area contributed by atoms with E-state index in [1.165, 1.54) is 22.0 Å². The third kappa shape index (κ3) is 5.54. The second-order valence-corrected chi connectivity index (χ2v) is 8.77. The van der Waals surface area contributed by atoms with E-state index in [2.05, 4.69) is 41.6 Å². The molecule has 3 aromatic rings. The summed E-state index contributed by atoms with van der Waals surface area (Å²) >= 11 is 3.18. The van der Waals surface area contributed by atoms with Crippen molar-refractivity contribution in [3.63, 3.8) is 0 Å². The summed E-state index contributed by atoms with van der Waals surface area (Å²) in [5, 5.41) is 18.6. The van der Waals surface area contributed by atoms with Gasteiger partial charge >= 0.3 is 6.09 Å². The van der Waals surface area contributed by atoms with Gasteiger partial charge in [-0.05, 0) is 34.8 Å². The quantitative estimate of drug-likeness (QED) is 0.322. The molecular weight excluding hydrogens is 524 g/mol. The van der Waals surface area contributed by atoms with E-state index in [1.54, 1.807) is 24.3 Å². The number of rotatable bonds is 8. The van der Waals surface area contributed by atoms with E-state index in [4.69, 9.17) is 10.8 Å². The van der Waals surface area contributed by atoms with Crippen LogP contribution in [0.25, 0.3) is 10.9 Å². The van der Waals surface area contributed by atoms with Gasteiger partial charge in [0.1, 0.15) is 17.7 Å². The maximum Gasteiger partial charge on any atom is 0.404 e. The fraction of sp³-hybridized carbons (Fsp3) is 0.286. The molecule has 1 aliphatic carbocycles. The lowest BCUT2D eigenvalue weighted by molar-refractivity contribution is -0.140. The number of nitrogens with zero attached hydrogens (tertiary/aromatic N) is 5. The Labute approximate surface area is 206 Å². The van der Waals surface area contributed by atoms with Gasteiger partial charge in [-0.2, -0.15) is 5.10 Å². The van der Waals surface area contributed by atoms with Crippen LogP contribution < -0.4 is 16.4 Å². The molecule has 1 saturated carbocycles. The molecule has 0 unspecified atom stereocenters. The largest absolute Gasteiger partial charge is 0.465 e. The van der Waals surface area contributed by atoms with E-state index in [9.17, 15) is 19.2 Å². The zero-order valence-corrected chi connectivity index (χ0v) is 19.8. The smallest absolute Gasteiger partial charge is 0.404 e. The highest BCUT2D eigenvalue weighted by Gasteiger charge is 2.38. The van der Waals surface area contributed by atoms with E-state index in [1.807, 2.05) is 0 Å². The summed E-state index contributed by atoms with van der Waals surface area (Å²) in [4.78, 5) is 58.2. The molecular formula is C21H21BrN8O5. The number of aromatic nitrogens is 4. The Hall–Kier alpha value is -4.07. The Kier molecular flexibility index (Phi) is 6.91. The van der Waals surface area contributed by atoms with E-state index >= 15 is 0 Å². The van der Waals surface area contributed by atoms with E-state index < -0.39 is 23.8 Å². The number of nitrogens with two attached hydrogens (primary N) is 1. The number of primary amides is 1. The van der Waals surface area contributed by atoms with Crippen molar-refractivity contribution in [2.75, 3.05) is 11.9 Å². The number of fused-ring (bicyclic) bond motifs is 1. The van der Waals surface area contributed by atoms with Crippen LogP contribution >= 0.6 is 15.9 Å². The van der Waals surface area contributed by atoms with Gasteiger partial charge in [-0.15, -0.1) is 0 Å². The van der Waals surface area contributed by atoms with Gasteiger partial charge in [-0.1, -0.05) is 18.2 Å². The van der Waals surface area contributed by atoms with Crippen molar-refractivity contribution in [2.45, 2.75) is 31.5 Å². The first-order chi connectivity index (χ1) is 16.7. The number of carbonyl (C=O) groups excluding carboxylic acids is 3. The van der Waals surface area contributed by atoms with Crippen molar-refractivity contribution in [3.05, 3.63) is 47.0 Å². The Balaban J connectivity index is 1.53. The lowest BCUT2D eigenvalue weighted by Crippen LogP contribution is -2.57. The van der Waals surface area contributed by atoms with E-state index in [-0.39, 0.29) is 36.7 Å². The number of carbonyl (C=O) groups is 4. The standard InChI is InChI=1S/C21H21BrN8O5/c22-15-7-24-8-16(26-15)27-17(31)9-29(12-5-11(6-12)25-21(34)35)18(32)10-30-14-4-2-1-3-13(14)19(28-30)20(23)33/h1-4,7-8,11-12,25H,5-6,9-10H2,(H2,23,33)(H,34,35)(H,26,27,31). The number of benzene rings is 1. The molecule has 0 bridgehead atoms. The van der Waals surface area contributed by atoms with Gasteiger partial charge in [-0.3, -0.25) is 24.0 Å². The normalized spacial score (nSPS) is 16.8. The number of anilines is 1. The van der Waals surface area contributed by atoms with Crippen molar-refractivity contribution < 1.29 is 24.3 Å². The van der Waals surface area contributed by atoms with Gasteiger partial charge in [0.15, 0.2) is 11.5 Å². The van der Waals surface area contributed by atoms with Crippen LogP contribution in [-0.4, -0.2) is 72.2 Å². The summed E-state index contributed by atoms with van der Waals surface area (Å²) in [5.41, 5.74) is 6.02. The van der Waals surface area contributed by atoms with Crippen molar-refractivity contribution in [2.24, 2.45) is 5.73 Å². The first kappa shape index (κ1) is 24.1. The van der Waals surface area contributed by atoms with E-state index in [0.717, 1.165) is 0 Å². The summed E-state index contributed by atoms with van der Waals surface area (Å²) in [6.07, 6.45) is 2.39. The number of para-hydroxylation sites is 1. The van der Waals surface area contributed by atoms with Crippen LogP contribution in [0.15, 0.2) is 41.3 Å². The molecule has 1 fully saturated rings. The van der Waals surface area contributed by atoms with Gasteiger partial charge < -0.3 is 26.4 Å². The Bertz CT molecular complexity index is 1310. The molecule has 0 spiro atoms. The lowest BCUT2D eigenvalue weighted by Gasteiger charge is -2.42. The predicted molar refractivity (Wildman–Crippen MR) is 126 cm³/mol. The van der Waals surface area contributed by atoms with Gasteiger partial charge in [0.2, 0.25) is 11.8 Å². The molecule has 35 heavy (non-hydrogen) atoms. The molecule has 1 aliphatic rings. The second-order valence-electron chi connectivity index (χ2n) is 7.96. The molecule has 182 valence electrons.